The van der Waals surface area contributed by atoms with Gasteiger partial charge in [-0.15, -0.1) is 0 Å². The highest BCUT2D eigenvalue weighted by atomic mass is 79.9. The van der Waals surface area contributed by atoms with Crippen molar-refractivity contribution in [3.8, 4) is 0 Å². The maximum Gasteiger partial charge on any atom is 0.0904 e. The molecule has 0 saturated carbocycles. The van der Waals surface area contributed by atoms with Crippen molar-refractivity contribution in [3.63, 3.8) is 0 Å². The van der Waals surface area contributed by atoms with Gasteiger partial charge in [0.1, 0.15) is 0 Å². The molecule has 0 aliphatic rings. The second-order valence-electron chi connectivity index (χ2n) is 2.19. The highest BCUT2D eigenvalue weighted by Gasteiger charge is 1.95. The Morgan fingerprint density at radius 3 is 2.83 bits per heavy atom. The second kappa shape index (κ2) is 4.94. The molecule has 0 bridgehead atoms. The van der Waals surface area contributed by atoms with E-state index in [1.54, 1.807) is 0 Å². The summed E-state index contributed by atoms with van der Waals surface area (Å²) < 4.78 is 1.05. The first-order valence-electron chi connectivity index (χ1n) is 3.34. The van der Waals surface area contributed by atoms with Crippen LogP contribution in [0.15, 0.2) is 28.7 Å². The van der Waals surface area contributed by atoms with Crippen LogP contribution in [0, 0.1) is 0 Å². The second-order valence-corrected chi connectivity index (χ2v) is 4.16. The fraction of sp³-hybridized carbons (Fsp3) is 0.125. The molecule has 0 atom stereocenters. The number of rotatable bonds is 2. The molecule has 4 heteroatoms. The first kappa shape index (κ1) is 10.2. The standard InChI is InChI=1S/C8H7Br2NS/c9-5-8(12)11-7-3-1-2-6(10)4-7/h1-4H,5H2,(H,11,12). The average Bonchev–Trinajstić information content (AvgIpc) is 2.04. The summed E-state index contributed by atoms with van der Waals surface area (Å²) in [5.41, 5.74) is 1.01. The van der Waals surface area contributed by atoms with Crippen molar-refractivity contribution >= 4 is 54.8 Å². The lowest BCUT2D eigenvalue weighted by molar-refractivity contribution is 1.60. The maximum absolute atomic E-state index is 5.01. The van der Waals surface area contributed by atoms with Crippen LogP contribution in [0.3, 0.4) is 0 Å². The molecule has 0 aliphatic carbocycles. The molecule has 0 aliphatic heterocycles. The van der Waals surface area contributed by atoms with Gasteiger partial charge in [0, 0.05) is 10.2 Å². The predicted octanol–water partition coefficient (Wildman–Crippen LogP) is 3.58. The molecule has 0 fully saturated rings. The van der Waals surface area contributed by atoms with E-state index in [9.17, 15) is 0 Å². The van der Waals surface area contributed by atoms with Gasteiger partial charge in [-0.05, 0) is 18.2 Å². The third-order valence-corrected chi connectivity index (χ3v) is 2.90. The molecule has 1 rings (SSSR count). The van der Waals surface area contributed by atoms with E-state index in [0.29, 0.717) is 5.33 Å². The molecule has 0 saturated heterocycles. The molecule has 1 aromatic rings. The largest absolute Gasteiger partial charge is 0.349 e. The summed E-state index contributed by atoms with van der Waals surface area (Å²) in [5.74, 6) is 0. The number of anilines is 1. The van der Waals surface area contributed by atoms with Crippen molar-refractivity contribution in [2.24, 2.45) is 0 Å². The van der Waals surface area contributed by atoms with E-state index in [4.69, 9.17) is 12.2 Å². The zero-order valence-corrected chi connectivity index (χ0v) is 10.2. The van der Waals surface area contributed by atoms with Crippen molar-refractivity contribution in [2.75, 3.05) is 10.6 Å². The number of hydrogen-bond acceptors (Lipinski definition) is 1. The zero-order valence-electron chi connectivity index (χ0n) is 6.18. The molecule has 0 spiro atoms. The van der Waals surface area contributed by atoms with Gasteiger partial charge in [0.25, 0.3) is 0 Å². The lowest BCUT2D eigenvalue weighted by atomic mass is 10.3. The monoisotopic (exact) mass is 307 g/mol. The van der Waals surface area contributed by atoms with Gasteiger partial charge in [0.2, 0.25) is 0 Å². The van der Waals surface area contributed by atoms with E-state index in [2.05, 4.69) is 37.2 Å². The molecule has 0 unspecified atom stereocenters. The Kier molecular flexibility index (Phi) is 4.18. The van der Waals surface area contributed by atoms with E-state index in [1.807, 2.05) is 24.3 Å². The molecule has 1 aromatic carbocycles. The van der Waals surface area contributed by atoms with Crippen LogP contribution >= 0.6 is 44.1 Å². The topological polar surface area (TPSA) is 12.0 Å². The number of thiocarbonyl (C=S) groups is 1. The fourth-order valence-corrected chi connectivity index (χ4v) is 1.42. The van der Waals surface area contributed by atoms with Crippen molar-refractivity contribution < 1.29 is 0 Å². The van der Waals surface area contributed by atoms with Crippen molar-refractivity contribution in [1.29, 1.82) is 0 Å². The zero-order chi connectivity index (χ0) is 8.97. The van der Waals surface area contributed by atoms with Crippen LogP contribution in [-0.2, 0) is 0 Å². The highest BCUT2D eigenvalue weighted by Crippen LogP contribution is 2.15. The maximum atomic E-state index is 5.01. The van der Waals surface area contributed by atoms with Crippen molar-refractivity contribution in [1.82, 2.24) is 0 Å². The summed E-state index contributed by atoms with van der Waals surface area (Å²) in [6.45, 7) is 0. The lowest BCUT2D eigenvalue weighted by Gasteiger charge is -2.04. The Labute approximate surface area is 93.8 Å². The molecule has 0 amide bonds. The molecular weight excluding hydrogens is 302 g/mol. The van der Waals surface area contributed by atoms with E-state index in [1.165, 1.54) is 0 Å². The SMILES string of the molecule is S=C(CBr)Nc1cccc(Br)c1. The number of hydrogen-bond donors (Lipinski definition) is 1. The molecular formula is C8H7Br2NS. The van der Waals surface area contributed by atoms with Gasteiger partial charge in [-0.1, -0.05) is 50.1 Å². The van der Waals surface area contributed by atoms with Crippen LogP contribution in [0.5, 0.6) is 0 Å². The van der Waals surface area contributed by atoms with Crippen molar-refractivity contribution in [2.45, 2.75) is 0 Å². The predicted molar refractivity (Wildman–Crippen MR) is 64.2 cm³/mol. The first-order valence-corrected chi connectivity index (χ1v) is 5.66. The van der Waals surface area contributed by atoms with Crippen LogP contribution < -0.4 is 5.32 Å². The molecule has 12 heavy (non-hydrogen) atoms. The molecule has 1 nitrogen and oxygen atoms in total. The van der Waals surface area contributed by atoms with Gasteiger partial charge in [0.15, 0.2) is 0 Å². The number of benzene rings is 1. The summed E-state index contributed by atoms with van der Waals surface area (Å²) in [4.78, 5) is 0.785. The number of nitrogens with one attached hydrogen (secondary N) is 1. The average molecular weight is 309 g/mol. The normalized spacial score (nSPS) is 9.50. The molecule has 0 aromatic heterocycles. The smallest absolute Gasteiger partial charge is 0.0904 e. The third-order valence-electron chi connectivity index (χ3n) is 1.23. The summed E-state index contributed by atoms with van der Waals surface area (Å²) in [6, 6.07) is 7.89. The Morgan fingerprint density at radius 2 is 2.25 bits per heavy atom. The summed E-state index contributed by atoms with van der Waals surface area (Å²) in [5, 5.41) is 3.78. The van der Waals surface area contributed by atoms with Gasteiger partial charge < -0.3 is 5.32 Å². The van der Waals surface area contributed by atoms with E-state index < -0.39 is 0 Å². The fourth-order valence-electron chi connectivity index (χ4n) is 0.761. The quantitative estimate of drug-likeness (QED) is 0.662. The van der Waals surface area contributed by atoms with Gasteiger partial charge in [0.05, 0.1) is 10.3 Å². The first-order chi connectivity index (χ1) is 5.72. The van der Waals surface area contributed by atoms with Gasteiger partial charge in [-0.25, -0.2) is 0 Å². The minimum Gasteiger partial charge on any atom is -0.349 e. The summed E-state index contributed by atoms with van der Waals surface area (Å²) in [7, 11) is 0. The summed E-state index contributed by atoms with van der Waals surface area (Å²) in [6.07, 6.45) is 0. The molecule has 64 valence electrons. The van der Waals surface area contributed by atoms with E-state index >= 15 is 0 Å². The van der Waals surface area contributed by atoms with Crippen LogP contribution in [0.1, 0.15) is 0 Å². The van der Waals surface area contributed by atoms with Crippen molar-refractivity contribution in [3.05, 3.63) is 28.7 Å². The third kappa shape index (κ3) is 3.21. The Morgan fingerprint density at radius 1 is 1.50 bits per heavy atom. The van der Waals surface area contributed by atoms with Crippen LogP contribution in [-0.4, -0.2) is 10.3 Å². The molecule has 0 radical (unpaired) electrons. The summed E-state index contributed by atoms with van der Waals surface area (Å²) >= 11 is 11.7. The van der Waals surface area contributed by atoms with Gasteiger partial charge in [-0.3, -0.25) is 0 Å². The van der Waals surface area contributed by atoms with E-state index in [0.717, 1.165) is 15.1 Å². The van der Waals surface area contributed by atoms with Gasteiger partial charge in [-0.2, -0.15) is 0 Å². The number of alkyl halides is 1. The van der Waals surface area contributed by atoms with Gasteiger partial charge >= 0.3 is 0 Å². The van der Waals surface area contributed by atoms with Crippen LogP contribution in [0.4, 0.5) is 5.69 Å². The lowest BCUT2D eigenvalue weighted by Crippen LogP contribution is -2.09. The molecule has 1 N–H and O–H groups in total. The number of halogens is 2. The Bertz CT molecular complexity index is 288. The minimum atomic E-state index is 0.689. The highest BCUT2D eigenvalue weighted by molar-refractivity contribution is 9.10. The van der Waals surface area contributed by atoms with Crippen LogP contribution in [0.2, 0.25) is 0 Å². The van der Waals surface area contributed by atoms with E-state index in [-0.39, 0.29) is 0 Å². The minimum absolute atomic E-state index is 0.689. The van der Waals surface area contributed by atoms with Crippen LogP contribution in [0.25, 0.3) is 0 Å². The Hall–Kier alpha value is 0.0700. The Balaban J connectivity index is 2.69. The molecule has 0 heterocycles.